The number of rotatable bonds is 7. The third-order valence-electron chi connectivity index (χ3n) is 3.78. The summed E-state index contributed by atoms with van der Waals surface area (Å²) in [6.45, 7) is 8.39. The van der Waals surface area contributed by atoms with Crippen LogP contribution in [0.5, 0.6) is 0 Å². The molecule has 3 N–H and O–H groups in total. The third kappa shape index (κ3) is 5.51. The Balaban J connectivity index is 0.00000338. The molecule has 0 aliphatic carbocycles. The van der Waals surface area contributed by atoms with Crippen LogP contribution in [-0.4, -0.2) is 33.3 Å². The Hall–Kier alpha value is -1.99. The SMILES string of the molecule is CC(C)CC(CN)NC(=O)c1nc(C(C)C)n(-c2cccc(F)c2)n1.Cl. The molecule has 0 saturated carbocycles. The summed E-state index contributed by atoms with van der Waals surface area (Å²) in [5.74, 6) is 0.372. The van der Waals surface area contributed by atoms with E-state index in [4.69, 9.17) is 5.73 Å². The van der Waals surface area contributed by atoms with E-state index in [0.717, 1.165) is 6.42 Å². The molecule has 0 aliphatic heterocycles. The van der Waals surface area contributed by atoms with E-state index in [9.17, 15) is 9.18 Å². The maximum absolute atomic E-state index is 13.5. The maximum Gasteiger partial charge on any atom is 0.291 e. The summed E-state index contributed by atoms with van der Waals surface area (Å²) in [4.78, 5) is 16.9. The van der Waals surface area contributed by atoms with E-state index >= 15 is 0 Å². The molecule has 2 aromatic rings. The van der Waals surface area contributed by atoms with Crippen LogP contribution in [0.4, 0.5) is 4.39 Å². The highest BCUT2D eigenvalue weighted by molar-refractivity contribution is 5.90. The first-order chi connectivity index (χ1) is 11.8. The summed E-state index contributed by atoms with van der Waals surface area (Å²) in [7, 11) is 0. The van der Waals surface area contributed by atoms with Crippen LogP contribution in [0.15, 0.2) is 24.3 Å². The Morgan fingerprint density at radius 2 is 2.00 bits per heavy atom. The normalized spacial score (nSPS) is 12.2. The average Bonchev–Trinajstić information content (AvgIpc) is 2.99. The zero-order valence-electron chi connectivity index (χ0n) is 15.6. The highest BCUT2D eigenvalue weighted by Crippen LogP contribution is 2.18. The first-order valence-corrected chi connectivity index (χ1v) is 8.55. The molecule has 1 heterocycles. The molecule has 1 atom stereocenters. The minimum absolute atomic E-state index is 0. The predicted molar refractivity (Wildman–Crippen MR) is 102 cm³/mol. The van der Waals surface area contributed by atoms with Gasteiger partial charge in [0.15, 0.2) is 0 Å². The van der Waals surface area contributed by atoms with E-state index in [0.29, 0.717) is 24.0 Å². The summed E-state index contributed by atoms with van der Waals surface area (Å²) < 4.78 is 15.1. The van der Waals surface area contributed by atoms with Crippen LogP contribution in [0.1, 0.15) is 56.5 Å². The van der Waals surface area contributed by atoms with Crippen LogP contribution < -0.4 is 11.1 Å². The monoisotopic (exact) mass is 383 g/mol. The van der Waals surface area contributed by atoms with Crippen LogP contribution in [0.2, 0.25) is 0 Å². The van der Waals surface area contributed by atoms with Crippen LogP contribution in [0, 0.1) is 11.7 Å². The number of nitrogens with two attached hydrogens (primary N) is 1. The molecule has 2 rings (SSSR count). The van der Waals surface area contributed by atoms with Gasteiger partial charge >= 0.3 is 0 Å². The Bertz CT molecular complexity index is 732. The molecule has 0 radical (unpaired) electrons. The van der Waals surface area contributed by atoms with Crippen molar-refractivity contribution in [2.75, 3.05) is 6.54 Å². The first-order valence-electron chi connectivity index (χ1n) is 8.55. The molecule has 6 nitrogen and oxygen atoms in total. The number of carbonyl (C=O) groups is 1. The van der Waals surface area contributed by atoms with Gasteiger partial charge in [-0.1, -0.05) is 33.8 Å². The number of aromatic nitrogens is 3. The van der Waals surface area contributed by atoms with Gasteiger partial charge in [-0.15, -0.1) is 17.5 Å². The summed E-state index contributed by atoms with van der Waals surface area (Å²) in [5.41, 5.74) is 6.27. The van der Waals surface area contributed by atoms with Crippen molar-refractivity contribution in [2.24, 2.45) is 11.7 Å². The van der Waals surface area contributed by atoms with Crippen molar-refractivity contribution in [2.45, 2.75) is 46.1 Å². The molecule has 8 heteroatoms. The van der Waals surface area contributed by atoms with E-state index in [-0.39, 0.29) is 41.9 Å². The lowest BCUT2D eigenvalue weighted by Gasteiger charge is -2.17. The smallest absolute Gasteiger partial charge is 0.291 e. The van der Waals surface area contributed by atoms with Crippen LogP contribution in [-0.2, 0) is 0 Å². The fourth-order valence-corrected chi connectivity index (χ4v) is 2.62. The van der Waals surface area contributed by atoms with E-state index in [1.807, 2.05) is 13.8 Å². The van der Waals surface area contributed by atoms with Gasteiger partial charge in [-0.3, -0.25) is 4.79 Å². The molecule has 1 aromatic heterocycles. The number of benzene rings is 1. The zero-order chi connectivity index (χ0) is 18.6. The van der Waals surface area contributed by atoms with Crippen LogP contribution >= 0.6 is 12.4 Å². The molecule has 0 saturated heterocycles. The van der Waals surface area contributed by atoms with E-state index < -0.39 is 0 Å². The number of halogens is 2. The van der Waals surface area contributed by atoms with Gasteiger partial charge in [0.05, 0.1) is 5.69 Å². The number of amides is 1. The summed E-state index contributed by atoms with van der Waals surface area (Å²) in [5, 5.41) is 7.18. The minimum Gasteiger partial charge on any atom is -0.345 e. The number of carbonyl (C=O) groups excluding carboxylic acids is 1. The van der Waals surface area contributed by atoms with Gasteiger partial charge in [-0.25, -0.2) is 14.1 Å². The Morgan fingerprint density at radius 3 is 2.54 bits per heavy atom. The molecule has 1 unspecified atom stereocenters. The molecule has 1 amide bonds. The molecular formula is C18H27ClFN5O. The highest BCUT2D eigenvalue weighted by Gasteiger charge is 2.21. The molecule has 144 valence electrons. The van der Waals surface area contributed by atoms with Crippen molar-refractivity contribution in [3.63, 3.8) is 0 Å². The quantitative estimate of drug-likeness (QED) is 0.769. The minimum atomic E-state index is -0.367. The van der Waals surface area contributed by atoms with Crippen molar-refractivity contribution < 1.29 is 9.18 Å². The fraction of sp³-hybridized carbons (Fsp3) is 0.500. The van der Waals surface area contributed by atoms with Crippen molar-refractivity contribution in [1.82, 2.24) is 20.1 Å². The van der Waals surface area contributed by atoms with E-state index in [1.165, 1.54) is 16.8 Å². The summed E-state index contributed by atoms with van der Waals surface area (Å²) in [6.07, 6.45) is 0.782. The lowest BCUT2D eigenvalue weighted by molar-refractivity contribution is 0.0923. The fourth-order valence-electron chi connectivity index (χ4n) is 2.62. The van der Waals surface area contributed by atoms with Crippen molar-refractivity contribution in [3.05, 3.63) is 41.7 Å². The van der Waals surface area contributed by atoms with Crippen molar-refractivity contribution in [1.29, 1.82) is 0 Å². The van der Waals surface area contributed by atoms with E-state index in [2.05, 4.69) is 29.2 Å². The number of nitrogens with zero attached hydrogens (tertiary/aromatic N) is 3. The van der Waals surface area contributed by atoms with Gasteiger partial charge in [-0.05, 0) is 30.5 Å². The van der Waals surface area contributed by atoms with Crippen LogP contribution in [0.3, 0.4) is 0 Å². The van der Waals surface area contributed by atoms with Gasteiger partial charge in [0.1, 0.15) is 11.6 Å². The number of nitrogens with one attached hydrogen (secondary N) is 1. The molecule has 0 aliphatic rings. The van der Waals surface area contributed by atoms with Crippen LogP contribution in [0.25, 0.3) is 5.69 Å². The Labute approximate surface area is 159 Å². The second-order valence-corrected chi connectivity index (χ2v) is 6.88. The average molecular weight is 384 g/mol. The second-order valence-electron chi connectivity index (χ2n) is 6.88. The maximum atomic E-state index is 13.5. The van der Waals surface area contributed by atoms with Crippen molar-refractivity contribution >= 4 is 18.3 Å². The predicted octanol–water partition coefficient (Wildman–Crippen LogP) is 3.05. The zero-order valence-corrected chi connectivity index (χ0v) is 16.4. The standard InChI is InChI=1S/C18H26FN5O.ClH/c1-11(2)8-14(10-20)21-18(25)16-22-17(12(3)4)24(23-16)15-7-5-6-13(19)9-15;/h5-7,9,11-12,14H,8,10,20H2,1-4H3,(H,21,25);1H. The summed E-state index contributed by atoms with van der Waals surface area (Å²) in [6, 6.07) is 5.93. The lowest BCUT2D eigenvalue weighted by atomic mass is 10.0. The topological polar surface area (TPSA) is 85.8 Å². The second kappa shape index (κ2) is 9.64. The first kappa shape index (κ1) is 22.1. The van der Waals surface area contributed by atoms with E-state index in [1.54, 1.807) is 12.1 Å². The van der Waals surface area contributed by atoms with Gasteiger partial charge in [-0.2, -0.15) is 0 Å². The molecule has 1 aromatic carbocycles. The highest BCUT2D eigenvalue weighted by atomic mass is 35.5. The van der Waals surface area contributed by atoms with Crippen molar-refractivity contribution in [3.8, 4) is 5.69 Å². The summed E-state index contributed by atoms with van der Waals surface area (Å²) >= 11 is 0. The van der Waals surface area contributed by atoms with Gasteiger partial charge in [0, 0.05) is 18.5 Å². The number of hydrogen-bond acceptors (Lipinski definition) is 4. The Morgan fingerprint density at radius 1 is 1.31 bits per heavy atom. The molecule has 0 fully saturated rings. The number of hydrogen-bond donors (Lipinski definition) is 2. The van der Waals surface area contributed by atoms with Gasteiger partial charge < -0.3 is 11.1 Å². The third-order valence-corrected chi connectivity index (χ3v) is 3.78. The molecule has 0 bridgehead atoms. The largest absolute Gasteiger partial charge is 0.345 e. The molecule has 0 spiro atoms. The Kier molecular flexibility index (Phi) is 8.17. The van der Waals surface area contributed by atoms with Gasteiger partial charge in [0.25, 0.3) is 5.91 Å². The lowest BCUT2D eigenvalue weighted by Crippen LogP contribution is -2.41. The molecule has 26 heavy (non-hydrogen) atoms. The molecular weight excluding hydrogens is 357 g/mol. The van der Waals surface area contributed by atoms with Gasteiger partial charge in [0.2, 0.25) is 5.82 Å².